The van der Waals surface area contributed by atoms with Gasteiger partial charge in [0.2, 0.25) is 5.82 Å². The number of rotatable bonds is 6. The summed E-state index contributed by atoms with van der Waals surface area (Å²) < 4.78 is 15.7. The van der Waals surface area contributed by atoms with E-state index in [1.807, 2.05) is 29.6 Å². The van der Waals surface area contributed by atoms with Crippen LogP contribution >= 0.6 is 11.3 Å². The maximum Gasteiger partial charge on any atom is 0.344 e. The predicted octanol–water partition coefficient (Wildman–Crippen LogP) is 3.41. The van der Waals surface area contributed by atoms with Crippen LogP contribution in [0.2, 0.25) is 0 Å². The molecule has 0 fully saturated rings. The van der Waals surface area contributed by atoms with Crippen LogP contribution in [0, 0.1) is 0 Å². The molecule has 4 rings (SSSR count). The zero-order valence-electron chi connectivity index (χ0n) is 13.4. The van der Waals surface area contributed by atoms with Crippen molar-refractivity contribution in [1.29, 1.82) is 0 Å². The second-order valence-electron chi connectivity index (χ2n) is 5.72. The van der Waals surface area contributed by atoms with Crippen LogP contribution in [0.1, 0.15) is 23.4 Å². The Balaban J connectivity index is 1.27. The fourth-order valence-electron chi connectivity index (χ4n) is 2.78. The van der Waals surface area contributed by atoms with Gasteiger partial charge in [-0.2, -0.15) is 4.98 Å². The van der Waals surface area contributed by atoms with Crippen molar-refractivity contribution >= 4 is 17.3 Å². The molecule has 0 aliphatic heterocycles. The van der Waals surface area contributed by atoms with Gasteiger partial charge < -0.3 is 14.0 Å². The summed E-state index contributed by atoms with van der Waals surface area (Å²) in [6, 6.07) is 9.76. The second kappa shape index (κ2) is 7.06. The van der Waals surface area contributed by atoms with E-state index in [2.05, 4.69) is 16.2 Å². The van der Waals surface area contributed by atoms with Crippen molar-refractivity contribution < 1.29 is 18.8 Å². The van der Waals surface area contributed by atoms with E-state index in [0.29, 0.717) is 11.6 Å². The third-order valence-corrected chi connectivity index (χ3v) is 4.86. The maximum atomic E-state index is 11.8. The van der Waals surface area contributed by atoms with Gasteiger partial charge in [0.15, 0.2) is 13.2 Å². The van der Waals surface area contributed by atoms with Crippen molar-refractivity contribution in [2.45, 2.75) is 25.9 Å². The number of thiophene rings is 1. The highest BCUT2D eigenvalue weighted by molar-refractivity contribution is 7.13. The fourth-order valence-corrected chi connectivity index (χ4v) is 3.43. The molecule has 2 heterocycles. The molecule has 2 aromatic heterocycles. The summed E-state index contributed by atoms with van der Waals surface area (Å²) in [5.41, 5.74) is 2.67. The van der Waals surface area contributed by atoms with E-state index < -0.39 is 5.97 Å². The van der Waals surface area contributed by atoms with Crippen LogP contribution in [-0.4, -0.2) is 22.7 Å². The molecule has 0 saturated heterocycles. The van der Waals surface area contributed by atoms with Crippen LogP contribution in [0.15, 0.2) is 40.2 Å². The first kappa shape index (κ1) is 15.8. The smallest absolute Gasteiger partial charge is 0.344 e. The van der Waals surface area contributed by atoms with Crippen LogP contribution < -0.4 is 4.74 Å². The summed E-state index contributed by atoms with van der Waals surface area (Å²) in [5.74, 6) is 0.969. The van der Waals surface area contributed by atoms with Gasteiger partial charge in [-0.1, -0.05) is 17.3 Å². The molecule has 1 aliphatic rings. The van der Waals surface area contributed by atoms with E-state index in [4.69, 9.17) is 14.0 Å². The van der Waals surface area contributed by atoms with Crippen LogP contribution in [0.3, 0.4) is 0 Å². The first-order chi connectivity index (χ1) is 12.3. The number of benzene rings is 1. The minimum Gasteiger partial charge on any atom is -0.482 e. The van der Waals surface area contributed by atoms with E-state index in [0.717, 1.165) is 17.7 Å². The number of nitrogens with zero attached hydrogens (tertiary/aromatic N) is 2. The number of hydrogen-bond acceptors (Lipinski definition) is 7. The van der Waals surface area contributed by atoms with Gasteiger partial charge in [0.1, 0.15) is 5.75 Å². The third kappa shape index (κ3) is 3.71. The van der Waals surface area contributed by atoms with E-state index in [1.165, 1.54) is 28.9 Å². The Labute approximate surface area is 148 Å². The van der Waals surface area contributed by atoms with Gasteiger partial charge in [0.25, 0.3) is 5.89 Å². The van der Waals surface area contributed by atoms with Crippen LogP contribution in [0.4, 0.5) is 0 Å². The number of aromatic nitrogens is 2. The molecule has 128 valence electrons. The van der Waals surface area contributed by atoms with E-state index in [9.17, 15) is 4.79 Å². The molecule has 0 radical (unpaired) electrons. The standard InChI is InChI=1S/C18H16N2O4S/c21-17(11-22-14-7-6-12-3-1-4-13(12)9-14)23-10-16-19-18(20-24-16)15-5-2-8-25-15/h2,5-9H,1,3-4,10-11H2. The maximum absolute atomic E-state index is 11.8. The lowest BCUT2D eigenvalue weighted by Gasteiger charge is -2.07. The highest BCUT2D eigenvalue weighted by atomic mass is 32.1. The Bertz CT molecular complexity index is 873. The SMILES string of the molecule is O=C(COc1ccc2c(c1)CCC2)OCc1nc(-c2cccs2)no1. The second-order valence-corrected chi connectivity index (χ2v) is 6.67. The zero-order valence-corrected chi connectivity index (χ0v) is 14.3. The topological polar surface area (TPSA) is 74.5 Å². The van der Waals surface area contributed by atoms with Gasteiger partial charge in [-0.05, 0) is 54.0 Å². The Hall–Kier alpha value is -2.67. The molecule has 0 amide bonds. The van der Waals surface area contributed by atoms with Crippen LogP contribution in [-0.2, 0) is 29.0 Å². The molecular formula is C18H16N2O4S. The first-order valence-electron chi connectivity index (χ1n) is 8.04. The van der Waals surface area contributed by atoms with Gasteiger partial charge in [-0.15, -0.1) is 11.3 Å². The summed E-state index contributed by atoms with van der Waals surface area (Å²) in [6.45, 7) is -0.213. The molecule has 0 bridgehead atoms. The Morgan fingerprint density at radius 2 is 2.16 bits per heavy atom. The fraction of sp³-hybridized carbons (Fsp3) is 0.278. The zero-order chi connectivity index (χ0) is 17.1. The summed E-state index contributed by atoms with van der Waals surface area (Å²) in [7, 11) is 0. The molecule has 0 N–H and O–H groups in total. The predicted molar refractivity (Wildman–Crippen MR) is 91.4 cm³/mol. The van der Waals surface area contributed by atoms with Gasteiger partial charge in [-0.3, -0.25) is 0 Å². The van der Waals surface area contributed by atoms with Crippen molar-refractivity contribution in [3.8, 4) is 16.5 Å². The molecule has 1 aliphatic carbocycles. The molecule has 6 nitrogen and oxygen atoms in total. The molecule has 0 unspecified atom stereocenters. The quantitative estimate of drug-likeness (QED) is 0.630. The van der Waals surface area contributed by atoms with Crippen molar-refractivity contribution in [2.75, 3.05) is 6.61 Å². The molecule has 1 aromatic carbocycles. The van der Waals surface area contributed by atoms with Crippen LogP contribution in [0.25, 0.3) is 10.7 Å². The van der Waals surface area contributed by atoms with E-state index >= 15 is 0 Å². The summed E-state index contributed by atoms with van der Waals surface area (Å²) in [6.07, 6.45) is 3.37. The summed E-state index contributed by atoms with van der Waals surface area (Å²) in [5, 5.41) is 5.80. The van der Waals surface area contributed by atoms with Crippen molar-refractivity contribution in [3.05, 3.63) is 52.7 Å². The minimum absolute atomic E-state index is 0.0647. The molecule has 25 heavy (non-hydrogen) atoms. The first-order valence-corrected chi connectivity index (χ1v) is 8.92. The number of carbonyl (C=O) groups is 1. The summed E-state index contributed by atoms with van der Waals surface area (Å²) in [4.78, 5) is 16.9. The number of hydrogen-bond donors (Lipinski definition) is 0. The third-order valence-electron chi connectivity index (χ3n) is 3.99. The Morgan fingerprint density at radius 1 is 1.24 bits per heavy atom. The normalized spacial score (nSPS) is 12.8. The van der Waals surface area contributed by atoms with Gasteiger partial charge >= 0.3 is 5.97 Å². The number of carbonyl (C=O) groups excluding carboxylic acids is 1. The molecular weight excluding hydrogens is 340 g/mol. The number of esters is 1. The Kier molecular flexibility index (Phi) is 4.47. The van der Waals surface area contributed by atoms with E-state index in [-0.39, 0.29) is 19.1 Å². The lowest BCUT2D eigenvalue weighted by molar-refractivity contribution is -0.148. The monoisotopic (exact) mass is 356 g/mol. The van der Waals surface area contributed by atoms with Gasteiger partial charge in [0.05, 0.1) is 4.88 Å². The van der Waals surface area contributed by atoms with Crippen molar-refractivity contribution in [3.63, 3.8) is 0 Å². The van der Waals surface area contributed by atoms with Crippen LogP contribution in [0.5, 0.6) is 5.75 Å². The largest absolute Gasteiger partial charge is 0.482 e. The minimum atomic E-state index is -0.476. The lowest BCUT2D eigenvalue weighted by Crippen LogP contribution is -2.15. The van der Waals surface area contributed by atoms with Crippen molar-refractivity contribution in [1.82, 2.24) is 10.1 Å². The molecule has 7 heteroatoms. The number of ether oxygens (including phenoxy) is 2. The molecule has 0 saturated carbocycles. The van der Waals surface area contributed by atoms with E-state index in [1.54, 1.807) is 0 Å². The average Bonchev–Trinajstić information content (AvgIpc) is 3.38. The van der Waals surface area contributed by atoms with Gasteiger partial charge in [0, 0.05) is 0 Å². The van der Waals surface area contributed by atoms with Crippen molar-refractivity contribution in [2.24, 2.45) is 0 Å². The lowest BCUT2D eigenvalue weighted by atomic mass is 10.1. The highest BCUT2D eigenvalue weighted by Crippen LogP contribution is 2.26. The number of aryl methyl sites for hydroxylation is 2. The number of fused-ring (bicyclic) bond motifs is 1. The van der Waals surface area contributed by atoms with Gasteiger partial charge in [-0.25, -0.2) is 4.79 Å². The molecule has 0 spiro atoms. The molecule has 0 atom stereocenters. The molecule has 3 aromatic rings. The average molecular weight is 356 g/mol. The summed E-state index contributed by atoms with van der Waals surface area (Å²) >= 11 is 1.52. The Morgan fingerprint density at radius 3 is 3.04 bits per heavy atom. The highest BCUT2D eigenvalue weighted by Gasteiger charge is 2.14.